The lowest BCUT2D eigenvalue weighted by Crippen LogP contribution is -2.05. The molecule has 0 fully saturated rings. The summed E-state index contributed by atoms with van der Waals surface area (Å²) >= 11 is 0. The van der Waals surface area contributed by atoms with Gasteiger partial charge in [0.15, 0.2) is 0 Å². The van der Waals surface area contributed by atoms with E-state index in [0.717, 1.165) is 11.0 Å². The highest BCUT2D eigenvalue weighted by Gasteiger charge is 2.13. The van der Waals surface area contributed by atoms with Gasteiger partial charge in [0.05, 0.1) is 11.0 Å². The first kappa shape index (κ1) is 13.6. The molecule has 0 amide bonds. The minimum atomic E-state index is -0.581. The molecule has 3 heteroatoms. The summed E-state index contributed by atoms with van der Waals surface area (Å²) in [5.74, 6) is 0.703. The van der Waals surface area contributed by atoms with Crippen molar-refractivity contribution in [1.82, 2.24) is 9.55 Å². The minimum absolute atomic E-state index is 0.581. The first-order chi connectivity index (χ1) is 10.3. The summed E-state index contributed by atoms with van der Waals surface area (Å²) in [6, 6.07) is 18.1. The fraction of sp³-hybridized carbons (Fsp3) is 0.167. The second kappa shape index (κ2) is 5.94. The van der Waals surface area contributed by atoms with Crippen LogP contribution in [-0.2, 0) is 6.54 Å². The Kier molecular flexibility index (Phi) is 3.84. The molecule has 0 aliphatic rings. The van der Waals surface area contributed by atoms with Gasteiger partial charge < -0.3 is 9.67 Å². The fourth-order valence-corrected chi connectivity index (χ4v) is 2.46. The van der Waals surface area contributed by atoms with E-state index in [-0.39, 0.29) is 0 Å². The zero-order chi connectivity index (χ0) is 14.7. The standard InChI is InChI=1S/C18H18N2O/c1-14(21)18-19-16-11-5-6-12-17(16)20(18)13-7-10-15-8-3-2-4-9-15/h2-12,14,21H,13H2,1H3/b10-7+/t14-/m0/s1. The van der Waals surface area contributed by atoms with Gasteiger partial charge in [-0.25, -0.2) is 4.98 Å². The molecule has 3 rings (SSSR count). The van der Waals surface area contributed by atoms with Crippen molar-refractivity contribution < 1.29 is 5.11 Å². The van der Waals surface area contributed by atoms with Gasteiger partial charge in [-0.2, -0.15) is 0 Å². The van der Waals surface area contributed by atoms with Crippen molar-refractivity contribution >= 4 is 17.1 Å². The second-order valence-corrected chi connectivity index (χ2v) is 5.06. The molecule has 3 aromatic rings. The van der Waals surface area contributed by atoms with E-state index >= 15 is 0 Å². The quantitative estimate of drug-likeness (QED) is 0.788. The predicted octanol–water partition coefficient (Wildman–Crippen LogP) is 3.80. The van der Waals surface area contributed by atoms with E-state index in [1.54, 1.807) is 6.92 Å². The fourth-order valence-electron chi connectivity index (χ4n) is 2.46. The third-order valence-electron chi connectivity index (χ3n) is 3.46. The van der Waals surface area contributed by atoms with E-state index in [1.807, 2.05) is 42.5 Å². The molecular weight excluding hydrogens is 260 g/mol. The molecule has 2 aromatic carbocycles. The van der Waals surface area contributed by atoms with Crippen LogP contribution in [0.2, 0.25) is 0 Å². The molecule has 0 radical (unpaired) electrons. The van der Waals surface area contributed by atoms with Crippen LogP contribution < -0.4 is 0 Å². The summed E-state index contributed by atoms with van der Waals surface area (Å²) in [4.78, 5) is 4.52. The number of para-hydroxylation sites is 2. The predicted molar refractivity (Wildman–Crippen MR) is 85.8 cm³/mol. The van der Waals surface area contributed by atoms with Crippen molar-refractivity contribution in [2.24, 2.45) is 0 Å². The summed E-state index contributed by atoms with van der Waals surface area (Å²) < 4.78 is 2.06. The van der Waals surface area contributed by atoms with Crippen LogP contribution in [0.5, 0.6) is 0 Å². The SMILES string of the molecule is C[C@H](O)c1nc2ccccc2n1C/C=C/c1ccccc1. The van der Waals surface area contributed by atoms with E-state index in [1.165, 1.54) is 5.56 Å². The third-order valence-corrected chi connectivity index (χ3v) is 3.46. The minimum Gasteiger partial charge on any atom is -0.385 e. The highest BCUT2D eigenvalue weighted by Crippen LogP contribution is 2.20. The molecule has 3 nitrogen and oxygen atoms in total. The van der Waals surface area contributed by atoms with Gasteiger partial charge in [-0.1, -0.05) is 54.6 Å². The lowest BCUT2D eigenvalue weighted by Gasteiger charge is -2.08. The molecule has 1 atom stereocenters. The maximum Gasteiger partial charge on any atom is 0.138 e. The van der Waals surface area contributed by atoms with E-state index < -0.39 is 6.10 Å². The molecule has 1 aromatic heterocycles. The number of aliphatic hydroxyl groups excluding tert-OH is 1. The number of imidazole rings is 1. The number of allylic oxidation sites excluding steroid dienone is 1. The number of hydrogen-bond acceptors (Lipinski definition) is 2. The molecule has 0 aliphatic carbocycles. The largest absolute Gasteiger partial charge is 0.385 e. The molecule has 0 spiro atoms. The van der Waals surface area contributed by atoms with Crippen molar-refractivity contribution in [2.45, 2.75) is 19.6 Å². The number of hydrogen-bond donors (Lipinski definition) is 1. The van der Waals surface area contributed by atoms with Crippen molar-refractivity contribution in [3.05, 3.63) is 72.1 Å². The van der Waals surface area contributed by atoms with Crippen LogP contribution in [0.15, 0.2) is 60.7 Å². The van der Waals surface area contributed by atoms with E-state index in [4.69, 9.17) is 0 Å². The van der Waals surface area contributed by atoms with E-state index in [9.17, 15) is 5.11 Å². The molecular formula is C18H18N2O. The van der Waals surface area contributed by atoms with Gasteiger partial charge in [0.1, 0.15) is 11.9 Å². The summed E-state index contributed by atoms with van der Waals surface area (Å²) in [6.45, 7) is 2.44. The lowest BCUT2D eigenvalue weighted by atomic mass is 10.2. The number of nitrogens with zero attached hydrogens (tertiary/aromatic N) is 2. The highest BCUT2D eigenvalue weighted by molar-refractivity contribution is 5.76. The average molecular weight is 278 g/mol. The van der Waals surface area contributed by atoms with Gasteiger partial charge in [0.2, 0.25) is 0 Å². The molecule has 0 bridgehead atoms. The van der Waals surface area contributed by atoms with Crippen LogP contribution in [-0.4, -0.2) is 14.7 Å². The maximum atomic E-state index is 9.91. The van der Waals surface area contributed by atoms with Crippen LogP contribution in [0.3, 0.4) is 0 Å². The Morgan fingerprint density at radius 3 is 2.57 bits per heavy atom. The number of rotatable bonds is 4. The van der Waals surface area contributed by atoms with Crippen LogP contribution in [0, 0.1) is 0 Å². The highest BCUT2D eigenvalue weighted by atomic mass is 16.3. The molecule has 0 unspecified atom stereocenters. The Morgan fingerprint density at radius 1 is 1.10 bits per heavy atom. The van der Waals surface area contributed by atoms with Gasteiger partial charge in [0, 0.05) is 6.54 Å². The molecule has 0 saturated heterocycles. The first-order valence-corrected chi connectivity index (χ1v) is 7.10. The number of benzene rings is 2. The smallest absolute Gasteiger partial charge is 0.138 e. The summed E-state index contributed by atoms with van der Waals surface area (Å²) in [5.41, 5.74) is 3.13. The molecule has 1 N–H and O–H groups in total. The second-order valence-electron chi connectivity index (χ2n) is 5.06. The summed E-state index contributed by atoms with van der Waals surface area (Å²) in [7, 11) is 0. The van der Waals surface area contributed by atoms with Gasteiger partial charge in [0.25, 0.3) is 0 Å². The van der Waals surface area contributed by atoms with Crippen molar-refractivity contribution in [3.63, 3.8) is 0 Å². The monoisotopic (exact) mass is 278 g/mol. The zero-order valence-electron chi connectivity index (χ0n) is 12.0. The topological polar surface area (TPSA) is 38.1 Å². The maximum absolute atomic E-state index is 9.91. The Morgan fingerprint density at radius 2 is 1.81 bits per heavy atom. The molecule has 0 saturated carbocycles. The molecule has 0 aliphatic heterocycles. The van der Waals surface area contributed by atoms with Gasteiger partial charge in [-0.05, 0) is 24.6 Å². The average Bonchev–Trinajstić information content (AvgIpc) is 2.88. The van der Waals surface area contributed by atoms with E-state index in [0.29, 0.717) is 12.4 Å². The van der Waals surface area contributed by atoms with Gasteiger partial charge in [-0.3, -0.25) is 0 Å². The Hall–Kier alpha value is -2.39. The number of aliphatic hydroxyl groups is 1. The van der Waals surface area contributed by atoms with Crippen molar-refractivity contribution in [1.29, 1.82) is 0 Å². The van der Waals surface area contributed by atoms with Crippen LogP contribution in [0.25, 0.3) is 17.1 Å². The van der Waals surface area contributed by atoms with Crippen molar-refractivity contribution in [3.8, 4) is 0 Å². The van der Waals surface area contributed by atoms with E-state index in [2.05, 4.69) is 33.8 Å². The number of aromatic nitrogens is 2. The Labute approximate surface area is 124 Å². The lowest BCUT2D eigenvalue weighted by molar-refractivity contribution is 0.185. The molecule has 106 valence electrons. The molecule has 1 heterocycles. The first-order valence-electron chi connectivity index (χ1n) is 7.10. The normalized spacial score (nSPS) is 13.0. The Bertz CT molecular complexity index is 757. The summed E-state index contributed by atoms with van der Waals surface area (Å²) in [6.07, 6.45) is 3.60. The van der Waals surface area contributed by atoms with Crippen molar-refractivity contribution in [2.75, 3.05) is 0 Å². The van der Waals surface area contributed by atoms with Crippen LogP contribution in [0.1, 0.15) is 24.4 Å². The van der Waals surface area contributed by atoms with Crippen LogP contribution >= 0.6 is 0 Å². The zero-order valence-corrected chi connectivity index (χ0v) is 12.0. The Balaban J connectivity index is 1.92. The number of fused-ring (bicyclic) bond motifs is 1. The van der Waals surface area contributed by atoms with Gasteiger partial charge >= 0.3 is 0 Å². The summed E-state index contributed by atoms with van der Waals surface area (Å²) in [5, 5.41) is 9.91. The third kappa shape index (κ3) is 2.88. The van der Waals surface area contributed by atoms with Crippen LogP contribution in [0.4, 0.5) is 0 Å². The molecule has 21 heavy (non-hydrogen) atoms. The van der Waals surface area contributed by atoms with Gasteiger partial charge in [-0.15, -0.1) is 0 Å².